The van der Waals surface area contributed by atoms with Crippen LogP contribution in [0.1, 0.15) is 25.1 Å². The van der Waals surface area contributed by atoms with Gasteiger partial charge in [-0.1, -0.05) is 35.0 Å². The molecule has 2 amide bonds. The van der Waals surface area contributed by atoms with Crippen LogP contribution in [0.25, 0.3) is 11.3 Å². The second-order valence-electron chi connectivity index (χ2n) is 7.65. The van der Waals surface area contributed by atoms with E-state index in [4.69, 9.17) is 33.0 Å². The maximum atomic E-state index is 12.4. The normalized spacial score (nSPS) is 11.6. The Kier molecular flexibility index (Phi) is 7.64. The lowest BCUT2D eigenvalue weighted by Gasteiger charge is -2.15. The Bertz CT molecular complexity index is 1250. The topological polar surface area (TPSA) is 173 Å². The molecule has 0 bridgehead atoms. The summed E-state index contributed by atoms with van der Waals surface area (Å²) in [7, 11) is 0. The zero-order valence-electron chi connectivity index (χ0n) is 18.6. The number of nitrogens with zero attached hydrogens (tertiary/aromatic N) is 2. The number of anilines is 1. The highest BCUT2D eigenvalue weighted by Crippen LogP contribution is 2.28. The van der Waals surface area contributed by atoms with E-state index in [0.717, 1.165) is 0 Å². The van der Waals surface area contributed by atoms with Crippen LogP contribution in [0, 0.1) is 5.41 Å². The van der Waals surface area contributed by atoms with Gasteiger partial charge in [0.05, 0.1) is 17.2 Å². The molecule has 0 saturated heterocycles. The lowest BCUT2D eigenvalue weighted by atomic mass is 10.0. The van der Waals surface area contributed by atoms with Gasteiger partial charge in [0.2, 0.25) is 11.8 Å². The minimum atomic E-state index is -0.831. The number of hydrogen-bond donors (Lipinski definition) is 5. The molecule has 2 heterocycles. The molecule has 0 saturated carbocycles. The summed E-state index contributed by atoms with van der Waals surface area (Å²) in [6.45, 7) is 3.68. The highest BCUT2D eigenvalue weighted by atomic mass is 35.5. The van der Waals surface area contributed by atoms with Crippen molar-refractivity contribution in [3.05, 3.63) is 76.3 Å². The van der Waals surface area contributed by atoms with Crippen molar-refractivity contribution in [3.63, 3.8) is 0 Å². The van der Waals surface area contributed by atoms with Gasteiger partial charge in [-0.15, -0.1) is 0 Å². The zero-order valence-corrected chi connectivity index (χ0v) is 19.3. The van der Waals surface area contributed by atoms with Crippen molar-refractivity contribution in [2.75, 3.05) is 5.32 Å². The smallest absolute Gasteiger partial charge is 0.254 e. The molecule has 11 heteroatoms. The van der Waals surface area contributed by atoms with Gasteiger partial charge in [-0.3, -0.25) is 25.3 Å². The van der Waals surface area contributed by atoms with E-state index < -0.39 is 5.91 Å². The summed E-state index contributed by atoms with van der Waals surface area (Å²) in [4.78, 5) is 28.5. The number of primary amides is 1. The zero-order chi connectivity index (χ0) is 24.8. The molecule has 2 aromatic heterocycles. The van der Waals surface area contributed by atoms with E-state index >= 15 is 0 Å². The number of aromatic nitrogens is 2. The quantitative estimate of drug-likeness (QED) is 0.230. The van der Waals surface area contributed by atoms with E-state index in [-0.39, 0.29) is 41.4 Å². The maximum absolute atomic E-state index is 12.4. The van der Waals surface area contributed by atoms with Crippen LogP contribution in [-0.4, -0.2) is 33.7 Å². The van der Waals surface area contributed by atoms with Crippen LogP contribution in [-0.2, 0) is 16.0 Å². The first kappa shape index (κ1) is 24.5. The van der Waals surface area contributed by atoms with Crippen molar-refractivity contribution < 1.29 is 14.1 Å². The number of pyridine rings is 1. The Morgan fingerprint density at radius 1 is 1.18 bits per heavy atom. The van der Waals surface area contributed by atoms with E-state index in [9.17, 15) is 9.59 Å². The molecule has 0 aliphatic carbocycles. The van der Waals surface area contributed by atoms with Crippen molar-refractivity contribution in [1.82, 2.24) is 15.5 Å². The van der Waals surface area contributed by atoms with Crippen LogP contribution in [0.15, 0.2) is 64.6 Å². The first-order chi connectivity index (χ1) is 16.2. The van der Waals surface area contributed by atoms with Crippen LogP contribution in [0.3, 0.4) is 0 Å². The number of amides is 2. The number of nitrogens with two attached hydrogens (primary N) is 2. The van der Waals surface area contributed by atoms with Crippen molar-refractivity contribution in [2.24, 2.45) is 11.5 Å². The summed E-state index contributed by atoms with van der Waals surface area (Å²) in [5.41, 5.74) is 13.0. The molecule has 0 fully saturated rings. The third-order valence-electron chi connectivity index (χ3n) is 4.59. The van der Waals surface area contributed by atoms with Gasteiger partial charge in [-0.25, -0.2) is 0 Å². The standard InChI is InChI=1S/C23H24ClN7O3/c1-12(2)29-22(26)20(23(27)33)21(25)13-7-8-14(28-11-13)9-18(32)30-19-10-17(31-34-19)15-5-3-4-6-16(15)24/h3-8,10-12,25,29H,9,26H2,1-2H3,(H2,27,33)(H,30,32)/b22-20+,25-21?. The van der Waals surface area contributed by atoms with Gasteiger partial charge in [-0.05, 0) is 32.0 Å². The molecule has 3 rings (SSSR count). The third-order valence-corrected chi connectivity index (χ3v) is 4.92. The molecule has 0 spiro atoms. The molecule has 7 N–H and O–H groups in total. The fourth-order valence-electron chi connectivity index (χ4n) is 3.07. The fourth-order valence-corrected chi connectivity index (χ4v) is 3.30. The molecule has 1 aromatic carbocycles. The summed E-state index contributed by atoms with van der Waals surface area (Å²) < 4.78 is 5.18. The molecular weight excluding hydrogens is 458 g/mol. The molecule has 0 unspecified atom stereocenters. The average Bonchev–Trinajstić information content (AvgIpc) is 3.21. The van der Waals surface area contributed by atoms with Gasteiger partial charge in [0.15, 0.2) is 0 Å². The van der Waals surface area contributed by atoms with E-state index in [1.54, 1.807) is 36.4 Å². The predicted octanol–water partition coefficient (Wildman–Crippen LogP) is 2.59. The average molecular weight is 482 g/mol. The first-order valence-electron chi connectivity index (χ1n) is 10.3. The Labute approximate surface area is 200 Å². The van der Waals surface area contributed by atoms with Crippen LogP contribution < -0.4 is 22.1 Å². The Hall–Kier alpha value is -4.18. The number of carbonyl (C=O) groups is 2. The lowest BCUT2D eigenvalue weighted by molar-refractivity contribution is -0.116. The van der Waals surface area contributed by atoms with E-state index in [1.165, 1.54) is 6.20 Å². The molecular formula is C23H24ClN7O3. The second kappa shape index (κ2) is 10.6. The van der Waals surface area contributed by atoms with Crippen LogP contribution in [0.4, 0.5) is 5.88 Å². The SMILES string of the molecule is CC(C)N/C(N)=C(\C(=N)c1ccc(CC(=O)Nc2cc(-c3ccccc3Cl)no2)nc1)C(N)=O. The van der Waals surface area contributed by atoms with Crippen LogP contribution in [0.5, 0.6) is 0 Å². The van der Waals surface area contributed by atoms with Gasteiger partial charge in [0.25, 0.3) is 5.91 Å². The van der Waals surface area contributed by atoms with Crippen LogP contribution >= 0.6 is 11.6 Å². The van der Waals surface area contributed by atoms with Crippen molar-refractivity contribution >= 4 is 35.0 Å². The number of nitrogens with one attached hydrogen (secondary N) is 3. The molecule has 34 heavy (non-hydrogen) atoms. The summed E-state index contributed by atoms with van der Waals surface area (Å²) in [5, 5.41) is 18.2. The number of carbonyl (C=O) groups excluding carboxylic acids is 2. The maximum Gasteiger partial charge on any atom is 0.254 e. The Balaban J connectivity index is 1.67. The van der Waals surface area contributed by atoms with Gasteiger partial charge >= 0.3 is 0 Å². The van der Waals surface area contributed by atoms with Crippen molar-refractivity contribution in [1.29, 1.82) is 5.41 Å². The molecule has 10 nitrogen and oxygen atoms in total. The van der Waals surface area contributed by atoms with Crippen molar-refractivity contribution in [3.8, 4) is 11.3 Å². The molecule has 0 aliphatic rings. The van der Waals surface area contributed by atoms with Gasteiger partial charge in [0, 0.05) is 35.1 Å². The first-order valence-corrected chi connectivity index (χ1v) is 10.6. The third kappa shape index (κ3) is 5.99. The molecule has 0 radical (unpaired) electrons. The Morgan fingerprint density at radius 2 is 1.91 bits per heavy atom. The summed E-state index contributed by atoms with van der Waals surface area (Å²) in [6, 6.07) is 11.8. The lowest BCUT2D eigenvalue weighted by Crippen LogP contribution is -2.34. The van der Waals surface area contributed by atoms with E-state index in [1.807, 2.05) is 19.9 Å². The van der Waals surface area contributed by atoms with E-state index in [0.29, 0.717) is 27.5 Å². The largest absolute Gasteiger partial charge is 0.385 e. The number of rotatable bonds is 9. The minimum absolute atomic E-state index is 0.0131. The molecule has 176 valence electrons. The highest BCUT2D eigenvalue weighted by molar-refractivity contribution is 6.33. The molecule has 0 atom stereocenters. The molecule has 3 aromatic rings. The number of hydrogen-bond acceptors (Lipinski definition) is 8. The monoisotopic (exact) mass is 481 g/mol. The fraction of sp³-hybridized carbons (Fsp3) is 0.174. The minimum Gasteiger partial charge on any atom is -0.385 e. The molecule has 0 aliphatic heterocycles. The number of halogens is 1. The second-order valence-corrected chi connectivity index (χ2v) is 8.05. The summed E-state index contributed by atoms with van der Waals surface area (Å²) in [6.07, 6.45) is 1.33. The predicted molar refractivity (Wildman–Crippen MR) is 129 cm³/mol. The van der Waals surface area contributed by atoms with Crippen molar-refractivity contribution in [2.45, 2.75) is 26.3 Å². The summed E-state index contributed by atoms with van der Waals surface area (Å²) in [5.74, 6) is -1.02. The number of benzene rings is 1. The van der Waals surface area contributed by atoms with Gasteiger partial charge in [-0.2, -0.15) is 0 Å². The highest BCUT2D eigenvalue weighted by Gasteiger charge is 2.19. The Morgan fingerprint density at radius 3 is 2.53 bits per heavy atom. The van der Waals surface area contributed by atoms with Gasteiger partial charge < -0.3 is 21.3 Å². The van der Waals surface area contributed by atoms with Crippen LogP contribution in [0.2, 0.25) is 5.02 Å². The van der Waals surface area contributed by atoms with E-state index in [2.05, 4.69) is 20.8 Å². The summed E-state index contributed by atoms with van der Waals surface area (Å²) >= 11 is 6.16. The van der Waals surface area contributed by atoms with Gasteiger partial charge in [0.1, 0.15) is 17.1 Å².